The SMILES string of the molecule is CCC(NC(=O)c1ccc(F)cc1)c1nc2ccccc2n1Cc1ccc(Cl)c(Cl)c1. The van der Waals surface area contributed by atoms with Crippen molar-refractivity contribution in [3.05, 3.63) is 99.5 Å². The second kappa shape index (κ2) is 9.08. The number of benzene rings is 3. The summed E-state index contributed by atoms with van der Waals surface area (Å²) in [5.74, 6) is 0.0808. The van der Waals surface area contributed by atoms with Crippen LogP contribution in [-0.4, -0.2) is 15.5 Å². The lowest BCUT2D eigenvalue weighted by atomic mass is 10.1. The molecule has 1 aromatic heterocycles. The Bertz CT molecular complexity index is 1240. The van der Waals surface area contributed by atoms with E-state index >= 15 is 0 Å². The summed E-state index contributed by atoms with van der Waals surface area (Å²) in [7, 11) is 0. The normalized spacial score (nSPS) is 12.1. The van der Waals surface area contributed by atoms with Crippen LogP contribution in [-0.2, 0) is 6.54 Å². The molecule has 1 unspecified atom stereocenters. The van der Waals surface area contributed by atoms with Crippen molar-refractivity contribution >= 4 is 40.1 Å². The monoisotopic (exact) mass is 455 g/mol. The van der Waals surface area contributed by atoms with Crippen molar-refractivity contribution in [2.75, 3.05) is 0 Å². The lowest BCUT2D eigenvalue weighted by molar-refractivity contribution is 0.0933. The van der Waals surface area contributed by atoms with Gasteiger partial charge in [0.1, 0.15) is 11.6 Å². The molecule has 7 heteroatoms. The lowest BCUT2D eigenvalue weighted by Gasteiger charge is -2.19. The van der Waals surface area contributed by atoms with Crippen LogP contribution in [0.15, 0.2) is 66.7 Å². The first-order valence-electron chi connectivity index (χ1n) is 9.91. The fourth-order valence-corrected chi connectivity index (χ4v) is 3.86. The predicted molar refractivity (Wildman–Crippen MR) is 122 cm³/mol. The summed E-state index contributed by atoms with van der Waals surface area (Å²) < 4.78 is 15.3. The summed E-state index contributed by atoms with van der Waals surface area (Å²) in [5, 5.41) is 4.02. The molecule has 4 aromatic rings. The quantitative estimate of drug-likeness (QED) is 0.364. The third-order valence-corrected chi connectivity index (χ3v) is 5.88. The molecule has 0 aliphatic rings. The molecule has 0 radical (unpaired) electrons. The molecule has 0 aliphatic carbocycles. The third kappa shape index (κ3) is 4.58. The molecule has 3 aromatic carbocycles. The van der Waals surface area contributed by atoms with E-state index in [1.807, 2.05) is 43.3 Å². The van der Waals surface area contributed by atoms with Crippen molar-refractivity contribution in [1.29, 1.82) is 0 Å². The first kappa shape index (κ1) is 21.3. The van der Waals surface area contributed by atoms with E-state index < -0.39 is 0 Å². The highest BCUT2D eigenvalue weighted by atomic mass is 35.5. The number of carbonyl (C=O) groups is 1. The highest BCUT2D eigenvalue weighted by molar-refractivity contribution is 6.42. The average molecular weight is 456 g/mol. The number of rotatable bonds is 6. The molecule has 0 spiro atoms. The van der Waals surface area contributed by atoms with Crippen LogP contribution in [0, 0.1) is 5.82 Å². The van der Waals surface area contributed by atoms with Gasteiger partial charge in [-0.15, -0.1) is 0 Å². The molecule has 4 nitrogen and oxygen atoms in total. The number of amides is 1. The van der Waals surface area contributed by atoms with E-state index in [0.29, 0.717) is 28.6 Å². The standard InChI is InChI=1S/C24H20Cl2FN3O/c1-2-20(29-24(31)16-8-10-17(27)11-9-16)23-28-21-5-3-4-6-22(21)30(23)14-15-7-12-18(25)19(26)13-15/h3-13,20H,2,14H2,1H3,(H,29,31). The van der Waals surface area contributed by atoms with Crippen LogP contribution in [0.5, 0.6) is 0 Å². The number of carbonyl (C=O) groups excluding carboxylic acids is 1. The number of hydrogen-bond donors (Lipinski definition) is 1. The van der Waals surface area contributed by atoms with Crippen LogP contribution in [0.4, 0.5) is 4.39 Å². The molecular weight excluding hydrogens is 436 g/mol. The maximum absolute atomic E-state index is 13.2. The second-order valence-corrected chi connectivity index (χ2v) is 8.05. The highest BCUT2D eigenvalue weighted by Crippen LogP contribution is 2.27. The van der Waals surface area contributed by atoms with Crippen LogP contribution in [0.2, 0.25) is 10.0 Å². The number of fused-ring (bicyclic) bond motifs is 1. The van der Waals surface area contributed by atoms with Gasteiger partial charge in [-0.25, -0.2) is 9.37 Å². The smallest absolute Gasteiger partial charge is 0.251 e. The van der Waals surface area contributed by atoms with Crippen molar-refractivity contribution in [3.8, 4) is 0 Å². The highest BCUT2D eigenvalue weighted by Gasteiger charge is 2.22. The summed E-state index contributed by atoms with van der Waals surface area (Å²) in [6.45, 7) is 2.51. The van der Waals surface area contributed by atoms with Gasteiger partial charge >= 0.3 is 0 Å². The van der Waals surface area contributed by atoms with Gasteiger partial charge < -0.3 is 9.88 Å². The Hall–Kier alpha value is -2.89. The first-order chi connectivity index (χ1) is 15.0. The molecule has 1 amide bonds. The average Bonchev–Trinajstić information content (AvgIpc) is 3.13. The van der Waals surface area contributed by atoms with Gasteiger partial charge in [-0.05, 0) is 60.5 Å². The molecule has 0 saturated carbocycles. The molecule has 0 saturated heterocycles. The number of nitrogens with one attached hydrogen (secondary N) is 1. The number of hydrogen-bond acceptors (Lipinski definition) is 2. The van der Waals surface area contributed by atoms with Gasteiger partial charge in [0.2, 0.25) is 0 Å². The van der Waals surface area contributed by atoms with Gasteiger partial charge in [-0.1, -0.05) is 48.3 Å². The molecule has 4 rings (SSSR count). The number of imidazole rings is 1. The molecule has 1 N–H and O–H groups in total. The minimum absolute atomic E-state index is 0.278. The summed E-state index contributed by atoms with van der Waals surface area (Å²) in [4.78, 5) is 17.6. The number of aromatic nitrogens is 2. The zero-order valence-electron chi connectivity index (χ0n) is 16.8. The van der Waals surface area contributed by atoms with Crippen LogP contribution in [0.3, 0.4) is 0 Å². The number of nitrogens with zero attached hydrogens (tertiary/aromatic N) is 2. The Morgan fingerprint density at radius 1 is 1.06 bits per heavy atom. The van der Waals surface area contributed by atoms with E-state index in [2.05, 4.69) is 9.88 Å². The van der Waals surface area contributed by atoms with Gasteiger partial charge in [0, 0.05) is 12.1 Å². The molecule has 0 fully saturated rings. The zero-order valence-corrected chi connectivity index (χ0v) is 18.3. The molecule has 0 bridgehead atoms. The van der Waals surface area contributed by atoms with Gasteiger partial charge in [0.05, 0.1) is 27.1 Å². The summed E-state index contributed by atoms with van der Waals surface area (Å²) in [5.41, 5.74) is 3.16. The molecule has 31 heavy (non-hydrogen) atoms. The van der Waals surface area contributed by atoms with Gasteiger partial charge in [0.25, 0.3) is 5.91 Å². The molecule has 158 valence electrons. The van der Waals surface area contributed by atoms with Gasteiger partial charge in [0.15, 0.2) is 0 Å². The van der Waals surface area contributed by atoms with Crippen LogP contribution in [0.1, 0.15) is 41.1 Å². The fraction of sp³-hybridized carbons (Fsp3) is 0.167. The van der Waals surface area contributed by atoms with Crippen molar-refractivity contribution in [2.45, 2.75) is 25.9 Å². The van der Waals surface area contributed by atoms with Crippen LogP contribution < -0.4 is 5.32 Å². The fourth-order valence-electron chi connectivity index (χ4n) is 3.54. The van der Waals surface area contributed by atoms with E-state index in [9.17, 15) is 9.18 Å². The molecule has 1 atom stereocenters. The van der Waals surface area contributed by atoms with Gasteiger partial charge in [-0.3, -0.25) is 4.79 Å². The van der Waals surface area contributed by atoms with Crippen LogP contribution in [0.25, 0.3) is 11.0 Å². The van der Waals surface area contributed by atoms with E-state index in [1.54, 1.807) is 6.07 Å². The maximum atomic E-state index is 13.2. The van der Waals surface area contributed by atoms with E-state index in [4.69, 9.17) is 28.2 Å². The first-order valence-corrected chi connectivity index (χ1v) is 10.7. The minimum atomic E-state index is -0.382. The van der Waals surface area contributed by atoms with Crippen molar-refractivity contribution in [1.82, 2.24) is 14.9 Å². The third-order valence-electron chi connectivity index (χ3n) is 5.14. The Morgan fingerprint density at radius 2 is 1.81 bits per heavy atom. The molecular formula is C24H20Cl2FN3O. The van der Waals surface area contributed by atoms with Gasteiger partial charge in [-0.2, -0.15) is 0 Å². The summed E-state index contributed by atoms with van der Waals surface area (Å²) in [6, 6.07) is 18.5. The zero-order chi connectivity index (χ0) is 22.0. The van der Waals surface area contributed by atoms with Crippen molar-refractivity contribution in [3.63, 3.8) is 0 Å². The maximum Gasteiger partial charge on any atom is 0.251 e. The van der Waals surface area contributed by atoms with Crippen molar-refractivity contribution < 1.29 is 9.18 Å². The summed E-state index contributed by atoms with van der Waals surface area (Å²) >= 11 is 12.3. The Kier molecular flexibility index (Phi) is 6.25. The Balaban J connectivity index is 1.70. The number of para-hydroxylation sites is 2. The topological polar surface area (TPSA) is 46.9 Å². The summed E-state index contributed by atoms with van der Waals surface area (Å²) in [6.07, 6.45) is 0.637. The lowest BCUT2D eigenvalue weighted by Crippen LogP contribution is -2.30. The Morgan fingerprint density at radius 3 is 2.52 bits per heavy atom. The van der Waals surface area contributed by atoms with E-state index in [1.165, 1.54) is 24.3 Å². The number of halogens is 3. The minimum Gasteiger partial charge on any atom is -0.342 e. The van der Waals surface area contributed by atoms with E-state index in [0.717, 1.165) is 22.4 Å². The Labute approximate surface area is 189 Å². The molecule has 1 heterocycles. The van der Waals surface area contributed by atoms with Crippen LogP contribution >= 0.6 is 23.2 Å². The van der Waals surface area contributed by atoms with E-state index in [-0.39, 0.29) is 17.8 Å². The van der Waals surface area contributed by atoms with Crippen molar-refractivity contribution in [2.24, 2.45) is 0 Å². The second-order valence-electron chi connectivity index (χ2n) is 7.23. The molecule has 0 aliphatic heterocycles. The largest absolute Gasteiger partial charge is 0.342 e. The predicted octanol–water partition coefficient (Wildman–Crippen LogP) is 6.41.